The van der Waals surface area contributed by atoms with E-state index in [1.807, 2.05) is 67.3 Å². The van der Waals surface area contributed by atoms with Crippen molar-refractivity contribution in [2.45, 2.75) is 26.8 Å². The summed E-state index contributed by atoms with van der Waals surface area (Å²) in [5.41, 5.74) is 6.36. The third kappa shape index (κ3) is 4.72. The van der Waals surface area contributed by atoms with Gasteiger partial charge in [0.1, 0.15) is 0 Å². The van der Waals surface area contributed by atoms with Gasteiger partial charge in [-0.1, -0.05) is 47.5 Å². The number of benzene rings is 3. The molecule has 158 valence electrons. The summed E-state index contributed by atoms with van der Waals surface area (Å²) >= 11 is 6.18. The highest BCUT2D eigenvalue weighted by Crippen LogP contribution is 2.30. The van der Waals surface area contributed by atoms with Crippen LogP contribution in [0.25, 0.3) is 0 Å². The third-order valence-corrected chi connectivity index (χ3v) is 5.73. The molecule has 0 saturated carbocycles. The van der Waals surface area contributed by atoms with Gasteiger partial charge in [0.25, 0.3) is 5.91 Å². The summed E-state index contributed by atoms with van der Waals surface area (Å²) in [5, 5.41) is 6.11. The van der Waals surface area contributed by atoms with E-state index in [2.05, 4.69) is 10.6 Å². The van der Waals surface area contributed by atoms with Crippen LogP contribution in [0, 0.1) is 13.8 Å². The summed E-state index contributed by atoms with van der Waals surface area (Å²) in [6, 6.07) is 18.8. The van der Waals surface area contributed by atoms with E-state index >= 15 is 0 Å². The second-order valence-corrected chi connectivity index (χ2v) is 8.23. The molecule has 3 aromatic rings. The van der Waals surface area contributed by atoms with Crippen molar-refractivity contribution < 1.29 is 9.59 Å². The highest BCUT2D eigenvalue weighted by molar-refractivity contribution is 6.33. The van der Waals surface area contributed by atoms with E-state index in [0.717, 1.165) is 34.4 Å². The van der Waals surface area contributed by atoms with E-state index < -0.39 is 0 Å². The first kappa shape index (κ1) is 20.9. The van der Waals surface area contributed by atoms with Gasteiger partial charge in [-0.25, -0.2) is 4.79 Å². The zero-order valence-corrected chi connectivity index (χ0v) is 18.3. The molecule has 0 unspecified atom stereocenters. The van der Waals surface area contributed by atoms with E-state index in [1.54, 1.807) is 12.1 Å². The fourth-order valence-electron chi connectivity index (χ4n) is 3.67. The Kier molecular flexibility index (Phi) is 5.96. The van der Waals surface area contributed by atoms with Crippen molar-refractivity contribution >= 4 is 34.9 Å². The molecule has 0 radical (unpaired) electrons. The molecule has 3 amide bonds. The largest absolute Gasteiger partial charge is 0.334 e. The fraction of sp³-hybridized carbons (Fsp3) is 0.200. The Balaban J connectivity index is 1.43. The molecule has 1 aliphatic heterocycles. The highest BCUT2D eigenvalue weighted by atomic mass is 35.5. The van der Waals surface area contributed by atoms with Gasteiger partial charge in [0.05, 0.1) is 10.7 Å². The Labute approximate surface area is 187 Å². The molecular formula is C25H24ClN3O2. The molecule has 1 aliphatic rings. The van der Waals surface area contributed by atoms with Crippen molar-refractivity contribution in [2.75, 3.05) is 16.8 Å². The lowest BCUT2D eigenvalue weighted by Gasteiger charge is -2.18. The molecule has 0 atom stereocenters. The van der Waals surface area contributed by atoms with Gasteiger partial charge in [-0.2, -0.15) is 0 Å². The summed E-state index contributed by atoms with van der Waals surface area (Å²) in [7, 11) is 0. The Hall–Kier alpha value is -3.31. The maximum absolute atomic E-state index is 13.0. The van der Waals surface area contributed by atoms with Gasteiger partial charge in [0, 0.05) is 24.3 Å². The van der Waals surface area contributed by atoms with Crippen molar-refractivity contribution in [3.05, 3.63) is 93.5 Å². The predicted octanol–water partition coefficient (Wildman–Crippen LogP) is 5.48. The molecule has 0 saturated heterocycles. The van der Waals surface area contributed by atoms with Gasteiger partial charge < -0.3 is 15.5 Å². The number of halogens is 1. The number of hydrogen-bond acceptors (Lipinski definition) is 2. The number of nitrogens with zero attached hydrogens (tertiary/aromatic N) is 1. The quantitative estimate of drug-likeness (QED) is 0.572. The normalized spacial score (nSPS) is 12.4. The highest BCUT2D eigenvalue weighted by Gasteiger charge is 2.25. The van der Waals surface area contributed by atoms with E-state index in [4.69, 9.17) is 11.6 Å². The first-order valence-electron chi connectivity index (χ1n) is 10.2. The summed E-state index contributed by atoms with van der Waals surface area (Å²) in [6.07, 6.45) is 0.826. The Morgan fingerprint density at radius 1 is 0.968 bits per heavy atom. The number of carbonyl (C=O) groups is 2. The minimum Gasteiger partial charge on any atom is -0.334 e. The number of aryl methyl sites for hydroxylation is 2. The molecule has 31 heavy (non-hydrogen) atoms. The number of fused-ring (bicyclic) bond motifs is 1. The second kappa shape index (κ2) is 8.82. The van der Waals surface area contributed by atoms with Crippen molar-refractivity contribution in [3.63, 3.8) is 0 Å². The molecular weight excluding hydrogens is 410 g/mol. The van der Waals surface area contributed by atoms with Crippen LogP contribution in [0.3, 0.4) is 0 Å². The van der Waals surface area contributed by atoms with E-state index in [9.17, 15) is 9.59 Å². The van der Waals surface area contributed by atoms with Crippen LogP contribution < -0.4 is 15.5 Å². The number of amides is 3. The molecule has 0 aliphatic carbocycles. The fourth-order valence-corrected chi connectivity index (χ4v) is 3.95. The summed E-state index contributed by atoms with van der Waals surface area (Å²) in [5.74, 6) is -0.00406. The van der Waals surface area contributed by atoms with Crippen molar-refractivity contribution in [1.29, 1.82) is 0 Å². The van der Waals surface area contributed by atoms with Gasteiger partial charge >= 0.3 is 6.03 Å². The lowest BCUT2D eigenvalue weighted by molar-refractivity contribution is 0.0989. The molecule has 2 N–H and O–H groups in total. The molecule has 3 aromatic carbocycles. The number of urea groups is 1. The number of nitrogens with one attached hydrogen (secondary N) is 2. The van der Waals surface area contributed by atoms with Gasteiger partial charge in [-0.05, 0) is 67.3 Å². The SMILES string of the molecule is Cc1ccc(C(=O)N2CCc3ccc(CNC(=O)Nc4ccc(C)cc4Cl)cc32)cc1. The van der Waals surface area contributed by atoms with E-state index in [-0.39, 0.29) is 11.9 Å². The average molecular weight is 434 g/mol. The molecule has 0 bridgehead atoms. The topological polar surface area (TPSA) is 61.4 Å². The molecule has 0 fully saturated rings. The van der Waals surface area contributed by atoms with Crippen LogP contribution >= 0.6 is 11.6 Å². The number of carbonyl (C=O) groups excluding carboxylic acids is 2. The maximum atomic E-state index is 13.0. The molecule has 6 heteroatoms. The van der Waals surface area contributed by atoms with Crippen molar-refractivity contribution in [1.82, 2.24) is 5.32 Å². The number of hydrogen-bond donors (Lipinski definition) is 2. The lowest BCUT2D eigenvalue weighted by atomic mass is 10.1. The number of anilines is 2. The third-order valence-electron chi connectivity index (χ3n) is 5.41. The van der Waals surface area contributed by atoms with Gasteiger partial charge in [0.15, 0.2) is 0 Å². The first-order valence-corrected chi connectivity index (χ1v) is 10.6. The number of rotatable bonds is 4. The molecule has 0 aromatic heterocycles. The van der Waals surface area contributed by atoms with Crippen LogP contribution in [0.15, 0.2) is 60.7 Å². The van der Waals surface area contributed by atoms with Crippen LogP contribution in [0.2, 0.25) is 5.02 Å². The Morgan fingerprint density at radius 2 is 1.71 bits per heavy atom. The first-order chi connectivity index (χ1) is 14.9. The molecule has 4 rings (SSSR count). The standard InChI is InChI=1S/C25H24ClN3O2/c1-16-3-7-20(8-4-16)24(30)29-12-11-19-9-6-18(14-23(19)29)15-27-25(31)28-22-10-5-17(2)13-21(22)26/h3-10,13-14H,11-12,15H2,1-2H3,(H2,27,28,31). The molecule has 5 nitrogen and oxygen atoms in total. The summed E-state index contributed by atoms with van der Waals surface area (Å²) in [6.45, 7) is 4.94. The van der Waals surface area contributed by atoms with Crippen LogP contribution in [0.4, 0.5) is 16.2 Å². The van der Waals surface area contributed by atoms with Crippen LogP contribution in [-0.4, -0.2) is 18.5 Å². The van der Waals surface area contributed by atoms with Crippen LogP contribution in [-0.2, 0) is 13.0 Å². The predicted molar refractivity (Wildman–Crippen MR) is 125 cm³/mol. The van der Waals surface area contributed by atoms with E-state index in [0.29, 0.717) is 29.4 Å². The monoisotopic (exact) mass is 433 g/mol. The van der Waals surface area contributed by atoms with Gasteiger partial charge in [0.2, 0.25) is 0 Å². The average Bonchev–Trinajstić information content (AvgIpc) is 3.17. The smallest absolute Gasteiger partial charge is 0.319 e. The molecule has 0 spiro atoms. The summed E-state index contributed by atoms with van der Waals surface area (Å²) < 4.78 is 0. The van der Waals surface area contributed by atoms with Gasteiger partial charge in [-0.3, -0.25) is 4.79 Å². The summed E-state index contributed by atoms with van der Waals surface area (Å²) in [4.78, 5) is 27.1. The second-order valence-electron chi connectivity index (χ2n) is 7.83. The van der Waals surface area contributed by atoms with Crippen LogP contribution in [0.5, 0.6) is 0 Å². The Bertz CT molecular complexity index is 1140. The minimum absolute atomic E-state index is 0.00406. The Morgan fingerprint density at radius 3 is 2.45 bits per heavy atom. The molecule has 1 heterocycles. The lowest BCUT2D eigenvalue weighted by Crippen LogP contribution is -2.29. The van der Waals surface area contributed by atoms with Crippen LogP contribution in [0.1, 0.15) is 32.6 Å². The van der Waals surface area contributed by atoms with E-state index in [1.165, 1.54) is 0 Å². The zero-order valence-electron chi connectivity index (χ0n) is 17.5. The minimum atomic E-state index is -0.334. The van der Waals surface area contributed by atoms with Gasteiger partial charge in [-0.15, -0.1) is 0 Å². The van der Waals surface area contributed by atoms with Crippen molar-refractivity contribution in [2.24, 2.45) is 0 Å². The van der Waals surface area contributed by atoms with Crippen molar-refractivity contribution in [3.8, 4) is 0 Å². The maximum Gasteiger partial charge on any atom is 0.319 e. The zero-order chi connectivity index (χ0) is 22.0.